The van der Waals surface area contributed by atoms with Gasteiger partial charge in [-0.15, -0.1) is 0 Å². The first-order valence-electron chi connectivity index (χ1n) is 12.2. The molecule has 1 aromatic carbocycles. The lowest BCUT2D eigenvalue weighted by Gasteiger charge is -2.15. The standard InChI is InChI=1S/C26H42O5/c1-3-5-7-9-11-13-15-21-17-20(19-23(25(28)29)26(30)31)18-22(24(21)27)16-14-12-10-8-6-4-2/h17-18,23,27H,3-16,19H2,1-2H3,(H,28,29)(H,30,31). The molecule has 0 aliphatic heterocycles. The highest BCUT2D eigenvalue weighted by molar-refractivity contribution is 5.93. The maximum absolute atomic E-state index is 11.3. The van der Waals surface area contributed by atoms with Gasteiger partial charge in [0, 0.05) is 0 Å². The van der Waals surface area contributed by atoms with Crippen molar-refractivity contribution >= 4 is 11.9 Å². The highest BCUT2D eigenvalue weighted by atomic mass is 16.4. The van der Waals surface area contributed by atoms with E-state index in [2.05, 4.69) is 13.8 Å². The van der Waals surface area contributed by atoms with E-state index in [-0.39, 0.29) is 6.42 Å². The molecule has 0 heterocycles. The number of phenolic OH excluding ortho intramolecular Hbond substituents is 1. The lowest BCUT2D eigenvalue weighted by Crippen LogP contribution is -2.25. The first-order chi connectivity index (χ1) is 14.9. The van der Waals surface area contributed by atoms with Crippen LogP contribution in [0.4, 0.5) is 0 Å². The highest BCUT2D eigenvalue weighted by Crippen LogP contribution is 2.29. The molecule has 0 saturated heterocycles. The summed E-state index contributed by atoms with van der Waals surface area (Å²) in [5, 5.41) is 29.3. The van der Waals surface area contributed by atoms with Crippen LogP contribution in [-0.2, 0) is 28.9 Å². The number of rotatable bonds is 18. The van der Waals surface area contributed by atoms with Gasteiger partial charge in [-0.3, -0.25) is 9.59 Å². The Balaban J connectivity index is 2.86. The topological polar surface area (TPSA) is 94.8 Å². The highest BCUT2D eigenvalue weighted by Gasteiger charge is 2.26. The normalized spacial score (nSPS) is 11.2. The van der Waals surface area contributed by atoms with Crippen molar-refractivity contribution in [2.75, 3.05) is 0 Å². The summed E-state index contributed by atoms with van der Waals surface area (Å²) >= 11 is 0. The predicted molar refractivity (Wildman–Crippen MR) is 125 cm³/mol. The van der Waals surface area contributed by atoms with Crippen molar-refractivity contribution in [1.29, 1.82) is 0 Å². The van der Waals surface area contributed by atoms with Gasteiger partial charge in [0.05, 0.1) is 0 Å². The number of unbranched alkanes of at least 4 members (excludes halogenated alkanes) is 10. The van der Waals surface area contributed by atoms with E-state index in [1.165, 1.54) is 51.4 Å². The first-order valence-corrected chi connectivity index (χ1v) is 12.2. The van der Waals surface area contributed by atoms with Gasteiger partial charge in [-0.25, -0.2) is 0 Å². The maximum Gasteiger partial charge on any atom is 0.318 e. The molecule has 5 heteroatoms. The molecule has 5 nitrogen and oxygen atoms in total. The van der Waals surface area contributed by atoms with E-state index in [0.29, 0.717) is 11.3 Å². The number of benzene rings is 1. The fourth-order valence-electron chi connectivity index (χ4n) is 4.04. The summed E-state index contributed by atoms with van der Waals surface area (Å²) in [6.07, 6.45) is 15.3. The Morgan fingerprint density at radius 3 is 1.48 bits per heavy atom. The van der Waals surface area contributed by atoms with Crippen LogP contribution in [-0.4, -0.2) is 27.3 Å². The lowest BCUT2D eigenvalue weighted by atomic mass is 9.92. The van der Waals surface area contributed by atoms with Crippen LogP contribution in [0.25, 0.3) is 0 Å². The molecule has 0 saturated carbocycles. The Bertz CT molecular complexity index is 617. The number of carboxylic acids is 2. The summed E-state index contributed by atoms with van der Waals surface area (Å²) in [6.45, 7) is 4.38. The third-order valence-electron chi connectivity index (χ3n) is 5.96. The molecule has 0 spiro atoms. The zero-order valence-corrected chi connectivity index (χ0v) is 19.5. The van der Waals surface area contributed by atoms with E-state index in [9.17, 15) is 24.9 Å². The van der Waals surface area contributed by atoms with Gasteiger partial charge in [-0.1, -0.05) is 90.2 Å². The van der Waals surface area contributed by atoms with Crippen molar-refractivity contribution in [3.8, 4) is 5.75 Å². The van der Waals surface area contributed by atoms with Crippen LogP contribution in [0.1, 0.15) is 108 Å². The molecule has 3 N–H and O–H groups in total. The third kappa shape index (κ3) is 10.7. The number of aromatic hydroxyl groups is 1. The van der Waals surface area contributed by atoms with Crippen molar-refractivity contribution in [3.05, 3.63) is 28.8 Å². The van der Waals surface area contributed by atoms with Gasteiger partial charge in [-0.05, 0) is 48.8 Å². The number of aryl methyl sites for hydroxylation is 2. The number of hydrogen-bond acceptors (Lipinski definition) is 3. The largest absolute Gasteiger partial charge is 0.507 e. The van der Waals surface area contributed by atoms with Crippen molar-refractivity contribution in [2.45, 2.75) is 110 Å². The molecule has 0 atom stereocenters. The minimum absolute atomic E-state index is 0.0576. The number of aliphatic carboxylic acids is 2. The number of carboxylic acid groups (broad SMARTS) is 2. The van der Waals surface area contributed by atoms with Crippen LogP contribution in [0.5, 0.6) is 5.75 Å². The SMILES string of the molecule is CCCCCCCCc1cc(CC(C(=O)O)C(=O)O)cc(CCCCCCCC)c1O. The molecule has 31 heavy (non-hydrogen) atoms. The molecule has 1 aromatic rings. The average molecular weight is 435 g/mol. The number of carbonyl (C=O) groups is 2. The van der Waals surface area contributed by atoms with Crippen LogP contribution in [0, 0.1) is 5.92 Å². The summed E-state index contributed by atoms with van der Waals surface area (Å²) in [5.74, 6) is -3.80. The zero-order valence-electron chi connectivity index (χ0n) is 19.5. The minimum atomic E-state index is -1.46. The van der Waals surface area contributed by atoms with Crippen LogP contribution in [0.15, 0.2) is 12.1 Å². The van der Waals surface area contributed by atoms with Gasteiger partial charge in [-0.2, -0.15) is 0 Å². The van der Waals surface area contributed by atoms with Crippen molar-refractivity contribution < 1.29 is 24.9 Å². The first kappa shape index (κ1) is 27.0. The number of hydrogen-bond donors (Lipinski definition) is 3. The Morgan fingerprint density at radius 1 is 0.710 bits per heavy atom. The molecule has 0 unspecified atom stereocenters. The van der Waals surface area contributed by atoms with Crippen molar-refractivity contribution in [1.82, 2.24) is 0 Å². The van der Waals surface area contributed by atoms with Crippen LogP contribution >= 0.6 is 0 Å². The van der Waals surface area contributed by atoms with Crippen LogP contribution in [0.2, 0.25) is 0 Å². The molecule has 1 rings (SSSR count). The van der Waals surface area contributed by atoms with E-state index < -0.39 is 17.9 Å². The van der Waals surface area contributed by atoms with Crippen LogP contribution in [0.3, 0.4) is 0 Å². The van der Waals surface area contributed by atoms with E-state index in [0.717, 1.165) is 49.7 Å². The molecule has 0 amide bonds. The van der Waals surface area contributed by atoms with Gasteiger partial charge in [0.1, 0.15) is 5.75 Å². The predicted octanol–water partition coefficient (Wildman–Crippen LogP) is 6.53. The fraction of sp³-hybridized carbons (Fsp3) is 0.692. The van der Waals surface area contributed by atoms with Crippen molar-refractivity contribution in [2.24, 2.45) is 5.92 Å². The molecule has 0 aromatic heterocycles. The Kier molecular flexibility index (Phi) is 13.7. The molecule has 0 aliphatic rings. The molecule has 0 fully saturated rings. The summed E-state index contributed by atoms with van der Waals surface area (Å²) in [4.78, 5) is 22.7. The summed E-state index contributed by atoms with van der Waals surface area (Å²) in [5.41, 5.74) is 2.33. The monoisotopic (exact) mass is 434 g/mol. The molecule has 176 valence electrons. The van der Waals surface area contributed by atoms with E-state index in [1.807, 2.05) is 12.1 Å². The van der Waals surface area contributed by atoms with Gasteiger partial charge in [0.15, 0.2) is 5.92 Å². The third-order valence-corrected chi connectivity index (χ3v) is 5.96. The summed E-state index contributed by atoms with van der Waals surface area (Å²) in [6, 6.07) is 3.62. The fourth-order valence-corrected chi connectivity index (χ4v) is 4.04. The summed E-state index contributed by atoms with van der Waals surface area (Å²) < 4.78 is 0. The van der Waals surface area contributed by atoms with Gasteiger partial charge in [0.25, 0.3) is 0 Å². The van der Waals surface area contributed by atoms with Gasteiger partial charge >= 0.3 is 11.9 Å². The van der Waals surface area contributed by atoms with E-state index in [4.69, 9.17) is 0 Å². The summed E-state index contributed by atoms with van der Waals surface area (Å²) in [7, 11) is 0. The smallest absolute Gasteiger partial charge is 0.318 e. The maximum atomic E-state index is 11.3. The Hall–Kier alpha value is -2.04. The molecular weight excluding hydrogens is 392 g/mol. The Labute approximate surface area is 187 Å². The van der Waals surface area contributed by atoms with E-state index >= 15 is 0 Å². The second kappa shape index (κ2) is 15.7. The average Bonchev–Trinajstić information content (AvgIpc) is 2.73. The van der Waals surface area contributed by atoms with Crippen LogP contribution < -0.4 is 0 Å². The zero-order chi connectivity index (χ0) is 23.1. The number of phenols is 1. The van der Waals surface area contributed by atoms with Crippen molar-refractivity contribution in [3.63, 3.8) is 0 Å². The molecule has 0 bridgehead atoms. The lowest BCUT2D eigenvalue weighted by molar-refractivity contribution is -0.154. The van der Waals surface area contributed by atoms with E-state index in [1.54, 1.807) is 0 Å². The second-order valence-corrected chi connectivity index (χ2v) is 8.73. The molecule has 0 aliphatic carbocycles. The molecule has 0 radical (unpaired) electrons. The Morgan fingerprint density at radius 2 is 1.10 bits per heavy atom. The minimum Gasteiger partial charge on any atom is -0.507 e. The molecular formula is C26H42O5. The quantitative estimate of drug-likeness (QED) is 0.180. The van der Waals surface area contributed by atoms with Gasteiger partial charge < -0.3 is 15.3 Å². The van der Waals surface area contributed by atoms with Gasteiger partial charge in [0.2, 0.25) is 0 Å². The second-order valence-electron chi connectivity index (χ2n) is 8.73.